The Balaban J connectivity index is 1.70. The standard InChI is InChI=1S/C34H27F8N5O5/c1-3-52-30-16(10-27(43)48)9-26(45-29(30)21-12-22(34(40,41)42)24(37)13-23(21)36)33(50,19-5-4-6-20(35)11-19)15-44-31(49)17-7-18-14-47(32(38)39)46-28(18)25(8-17)51-2/h4-9,11-14,32,50H,3,10,15H2,1-2H3,(H2,43,48)(H,44,49)/t33-/m1/s1. The van der Waals surface area contributed by atoms with Crippen molar-refractivity contribution in [3.8, 4) is 22.8 Å². The number of pyridine rings is 1. The number of halogens is 8. The number of nitrogens with one attached hydrogen (secondary N) is 1. The summed E-state index contributed by atoms with van der Waals surface area (Å²) in [7, 11) is 1.21. The summed E-state index contributed by atoms with van der Waals surface area (Å²) in [5.41, 5.74) is -1.90. The predicted octanol–water partition coefficient (Wildman–Crippen LogP) is 6.03. The van der Waals surface area contributed by atoms with Crippen LogP contribution >= 0.6 is 0 Å². The molecule has 2 amide bonds. The summed E-state index contributed by atoms with van der Waals surface area (Å²) in [5.74, 6) is -6.75. The van der Waals surface area contributed by atoms with Crippen molar-refractivity contribution < 1.29 is 59.3 Å². The highest BCUT2D eigenvalue weighted by molar-refractivity contribution is 6.00. The molecule has 2 heterocycles. The lowest BCUT2D eigenvalue weighted by molar-refractivity contribution is -0.140. The van der Waals surface area contributed by atoms with Crippen LogP contribution in [-0.2, 0) is 23.0 Å². The molecule has 0 unspecified atom stereocenters. The van der Waals surface area contributed by atoms with Crippen LogP contribution in [0.25, 0.3) is 22.2 Å². The summed E-state index contributed by atoms with van der Waals surface area (Å²) in [6.07, 6.45) is -5.01. The number of alkyl halides is 5. The molecule has 0 bridgehead atoms. The Hall–Kier alpha value is -5.78. The van der Waals surface area contributed by atoms with Gasteiger partial charge in [0.05, 0.1) is 37.9 Å². The second kappa shape index (κ2) is 14.5. The minimum atomic E-state index is -5.29. The monoisotopic (exact) mass is 737 g/mol. The van der Waals surface area contributed by atoms with Crippen molar-refractivity contribution in [2.24, 2.45) is 5.73 Å². The molecule has 4 N–H and O–H groups in total. The average Bonchev–Trinajstić information content (AvgIpc) is 3.52. The van der Waals surface area contributed by atoms with Gasteiger partial charge in [0.2, 0.25) is 5.91 Å². The van der Waals surface area contributed by atoms with Crippen molar-refractivity contribution in [3.05, 3.63) is 106 Å². The first-order valence-electron chi connectivity index (χ1n) is 15.1. The van der Waals surface area contributed by atoms with Gasteiger partial charge in [-0.15, -0.1) is 0 Å². The molecule has 5 aromatic rings. The zero-order chi connectivity index (χ0) is 38.1. The number of hydrogen-bond acceptors (Lipinski definition) is 7. The SMILES string of the molecule is CCOc1c(CC(N)=O)cc([C@@](O)(CNC(=O)c2cc(OC)c3nn(C(F)F)cc3c2)c2cccc(F)c2)nc1-c1cc(C(F)(F)F)c(F)cc1F. The topological polar surface area (TPSA) is 142 Å². The number of aromatic nitrogens is 3. The first-order chi connectivity index (χ1) is 24.5. The molecule has 0 aliphatic carbocycles. The van der Waals surface area contributed by atoms with E-state index in [1.54, 1.807) is 0 Å². The van der Waals surface area contributed by atoms with Crippen molar-refractivity contribution in [2.75, 3.05) is 20.3 Å². The molecule has 5 rings (SSSR count). The van der Waals surface area contributed by atoms with Gasteiger partial charge in [-0.1, -0.05) is 12.1 Å². The number of nitrogens with zero attached hydrogens (tertiary/aromatic N) is 3. The number of fused-ring (bicyclic) bond motifs is 1. The maximum absolute atomic E-state index is 15.4. The molecule has 10 nitrogen and oxygen atoms in total. The second-order valence-corrected chi connectivity index (χ2v) is 11.3. The Morgan fingerprint density at radius 3 is 2.38 bits per heavy atom. The molecule has 1 atom stereocenters. The number of carbonyl (C=O) groups is 2. The Morgan fingerprint density at radius 1 is 1.04 bits per heavy atom. The predicted molar refractivity (Wildman–Crippen MR) is 168 cm³/mol. The van der Waals surface area contributed by atoms with Crippen LogP contribution in [0.15, 0.2) is 60.8 Å². The smallest absolute Gasteiger partial charge is 0.419 e. The van der Waals surface area contributed by atoms with Crippen LogP contribution in [0.3, 0.4) is 0 Å². The van der Waals surface area contributed by atoms with Crippen LogP contribution in [0, 0.1) is 17.5 Å². The maximum atomic E-state index is 15.4. The number of hydrogen-bond donors (Lipinski definition) is 3. The molecule has 2 aromatic heterocycles. The minimum Gasteiger partial charge on any atom is -0.494 e. The van der Waals surface area contributed by atoms with Crippen LogP contribution in [-0.4, -0.2) is 51.9 Å². The lowest BCUT2D eigenvalue weighted by Crippen LogP contribution is -2.42. The zero-order valence-corrected chi connectivity index (χ0v) is 27.0. The lowest BCUT2D eigenvalue weighted by Gasteiger charge is -2.30. The first-order valence-corrected chi connectivity index (χ1v) is 15.1. The van der Waals surface area contributed by atoms with E-state index in [0.717, 1.165) is 24.4 Å². The number of primary amides is 1. The summed E-state index contributed by atoms with van der Waals surface area (Å²) in [6.45, 7) is -2.60. The Bertz CT molecular complexity index is 2170. The summed E-state index contributed by atoms with van der Waals surface area (Å²) in [6, 6.07) is 7.82. The number of benzene rings is 3. The van der Waals surface area contributed by atoms with E-state index < -0.39 is 88.8 Å². The molecular weight excluding hydrogens is 710 g/mol. The fraction of sp³-hybridized carbons (Fsp3) is 0.235. The lowest BCUT2D eigenvalue weighted by atomic mass is 9.87. The quantitative estimate of drug-likeness (QED) is 0.133. The minimum absolute atomic E-state index is 0.00502. The number of methoxy groups -OCH3 is 1. The van der Waals surface area contributed by atoms with Gasteiger partial charge in [-0.25, -0.2) is 22.8 Å². The molecule has 0 aliphatic heterocycles. The molecule has 0 radical (unpaired) electrons. The molecule has 0 aliphatic rings. The van der Waals surface area contributed by atoms with Gasteiger partial charge >= 0.3 is 12.7 Å². The molecule has 0 saturated carbocycles. The summed E-state index contributed by atoms with van der Waals surface area (Å²) in [4.78, 5) is 29.9. The second-order valence-electron chi connectivity index (χ2n) is 11.3. The van der Waals surface area contributed by atoms with E-state index in [4.69, 9.17) is 15.2 Å². The zero-order valence-electron chi connectivity index (χ0n) is 27.0. The fourth-order valence-corrected chi connectivity index (χ4v) is 5.46. The Morgan fingerprint density at radius 2 is 1.77 bits per heavy atom. The van der Waals surface area contributed by atoms with Crippen LogP contribution in [0.1, 0.15) is 46.2 Å². The van der Waals surface area contributed by atoms with Crippen molar-refractivity contribution in [1.29, 1.82) is 0 Å². The van der Waals surface area contributed by atoms with E-state index in [-0.39, 0.29) is 52.1 Å². The fourth-order valence-electron chi connectivity index (χ4n) is 5.46. The van der Waals surface area contributed by atoms with Gasteiger partial charge in [-0.05, 0) is 48.9 Å². The number of rotatable bonds is 12. The Labute approximate surface area is 288 Å². The first kappa shape index (κ1) is 37.5. The largest absolute Gasteiger partial charge is 0.494 e. The number of ether oxygens (including phenoxy) is 2. The normalized spacial score (nSPS) is 12.9. The van der Waals surface area contributed by atoms with Gasteiger partial charge in [0, 0.05) is 34.3 Å². The van der Waals surface area contributed by atoms with E-state index in [0.29, 0.717) is 4.68 Å². The molecule has 18 heteroatoms. The Kier molecular flexibility index (Phi) is 10.4. The van der Waals surface area contributed by atoms with E-state index in [1.165, 1.54) is 38.3 Å². The number of aliphatic hydroxyl groups is 1. The van der Waals surface area contributed by atoms with Gasteiger partial charge in [0.15, 0.2) is 0 Å². The summed E-state index contributed by atoms with van der Waals surface area (Å²) in [5, 5.41) is 18.6. The van der Waals surface area contributed by atoms with Crippen LogP contribution in [0.5, 0.6) is 11.5 Å². The summed E-state index contributed by atoms with van der Waals surface area (Å²) < 4.78 is 123. The number of amides is 2. The van der Waals surface area contributed by atoms with E-state index in [1.807, 2.05) is 0 Å². The van der Waals surface area contributed by atoms with Gasteiger partial charge in [-0.2, -0.15) is 27.1 Å². The highest BCUT2D eigenvalue weighted by Crippen LogP contribution is 2.41. The van der Waals surface area contributed by atoms with E-state index in [2.05, 4.69) is 15.4 Å². The van der Waals surface area contributed by atoms with Crippen LogP contribution in [0.2, 0.25) is 0 Å². The van der Waals surface area contributed by atoms with Gasteiger partial charge in [0.1, 0.15) is 45.8 Å². The van der Waals surface area contributed by atoms with Gasteiger partial charge in [0.25, 0.3) is 5.91 Å². The van der Waals surface area contributed by atoms with Gasteiger partial charge < -0.3 is 25.6 Å². The molecule has 0 spiro atoms. The molecule has 3 aromatic carbocycles. The van der Waals surface area contributed by atoms with Crippen LogP contribution < -0.4 is 20.5 Å². The van der Waals surface area contributed by atoms with Gasteiger partial charge in [-0.3, -0.25) is 9.59 Å². The third kappa shape index (κ3) is 7.46. The van der Waals surface area contributed by atoms with Crippen molar-refractivity contribution >= 4 is 22.7 Å². The molecular formula is C34H27F8N5O5. The highest BCUT2D eigenvalue weighted by Gasteiger charge is 2.39. The van der Waals surface area contributed by atoms with E-state index >= 15 is 4.39 Å². The van der Waals surface area contributed by atoms with E-state index in [9.17, 15) is 45.4 Å². The number of carbonyl (C=O) groups excluding carboxylic acids is 2. The summed E-state index contributed by atoms with van der Waals surface area (Å²) >= 11 is 0. The van der Waals surface area contributed by atoms with Crippen molar-refractivity contribution in [2.45, 2.75) is 31.7 Å². The highest BCUT2D eigenvalue weighted by atomic mass is 19.4. The molecule has 52 heavy (non-hydrogen) atoms. The van der Waals surface area contributed by atoms with Crippen molar-refractivity contribution in [3.63, 3.8) is 0 Å². The van der Waals surface area contributed by atoms with Crippen LogP contribution in [0.4, 0.5) is 35.1 Å². The molecule has 0 saturated heterocycles. The maximum Gasteiger partial charge on any atom is 0.419 e. The molecule has 0 fully saturated rings. The third-order valence-electron chi connectivity index (χ3n) is 7.82. The molecule has 274 valence electrons. The number of nitrogens with two attached hydrogens (primary N) is 1. The van der Waals surface area contributed by atoms with Crippen molar-refractivity contribution in [1.82, 2.24) is 20.1 Å². The third-order valence-corrected chi connectivity index (χ3v) is 7.82. The average molecular weight is 738 g/mol.